The molecule has 0 saturated carbocycles. The predicted molar refractivity (Wildman–Crippen MR) is 132 cm³/mol. The van der Waals surface area contributed by atoms with Gasteiger partial charge in [-0.1, -0.05) is 95.9 Å². The SMILES string of the molecule is CCC(C)C1=C([Si](C)(C)c2cc(C)cc([Si](C)(C)C(C)(C)C)c2OC)CC=C1. The minimum atomic E-state index is -1.84. The number of allylic oxidation sites excluding steroid dienone is 4. The van der Waals surface area contributed by atoms with Crippen LogP contribution in [-0.2, 0) is 0 Å². The van der Waals surface area contributed by atoms with Crippen LogP contribution in [0.15, 0.2) is 35.1 Å². The van der Waals surface area contributed by atoms with Crippen LogP contribution < -0.4 is 15.1 Å². The van der Waals surface area contributed by atoms with E-state index in [0.29, 0.717) is 5.92 Å². The van der Waals surface area contributed by atoms with Gasteiger partial charge in [-0.15, -0.1) is 0 Å². The number of ether oxygens (including phenoxy) is 1. The van der Waals surface area contributed by atoms with Crippen molar-refractivity contribution in [3.63, 3.8) is 0 Å². The van der Waals surface area contributed by atoms with Gasteiger partial charge in [-0.25, -0.2) is 0 Å². The van der Waals surface area contributed by atoms with Crippen LogP contribution in [0.4, 0.5) is 0 Å². The van der Waals surface area contributed by atoms with E-state index < -0.39 is 16.1 Å². The summed E-state index contributed by atoms with van der Waals surface area (Å²) >= 11 is 0. The lowest BCUT2D eigenvalue weighted by molar-refractivity contribution is 0.420. The van der Waals surface area contributed by atoms with Crippen LogP contribution in [0.3, 0.4) is 0 Å². The van der Waals surface area contributed by atoms with Crippen LogP contribution >= 0.6 is 0 Å². The number of hydrogen-bond donors (Lipinski definition) is 0. The van der Waals surface area contributed by atoms with Crippen molar-refractivity contribution >= 4 is 26.5 Å². The fraction of sp³-hybridized carbons (Fsp3) is 0.600. The van der Waals surface area contributed by atoms with E-state index in [9.17, 15) is 0 Å². The van der Waals surface area contributed by atoms with E-state index in [-0.39, 0.29) is 5.04 Å². The molecule has 0 heterocycles. The minimum Gasteiger partial charge on any atom is -0.497 e. The summed E-state index contributed by atoms with van der Waals surface area (Å²) < 4.78 is 6.21. The first-order valence-electron chi connectivity index (χ1n) is 10.9. The van der Waals surface area contributed by atoms with E-state index >= 15 is 0 Å². The Hall–Kier alpha value is -1.07. The lowest BCUT2D eigenvalue weighted by Crippen LogP contribution is -2.54. The van der Waals surface area contributed by atoms with Crippen molar-refractivity contribution < 1.29 is 4.74 Å². The number of rotatable bonds is 6. The zero-order valence-corrected chi connectivity index (χ0v) is 22.2. The molecule has 0 radical (unpaired) electrons. The van der Waals surface area contributed by atoms with Crippen molar-refractivity contribution in [1.82, 2.24) is 0 Å². The van der Waals surface area contributed by atoms with Crippen molar-refractivity contribution in [2.24, 2.45) is 5.92 Å². The first-order chi connectivity index (χ1) is 12.8. The van der Waals surface area contributed by atoms with E-state index in [4.69, 9.17) is 4.74 Å². The van der Waals surface area contributed by atoms with Crippen LogP contribution in [0, 0.1) is 12.8 Å². The summed E-state index contributed by atoms with van der Waals surface area (Å²) in [5.74, 6) is 1.83. The molecule has 1 aromatic carbocycles. The first-order valence-corrected chi connectivity index (χ1v) is 16.9. The Balaban J connectivity index is 2.76. The van der Waals surface area contributed by atoms with E-state index in [1.54, 1.807) is 10.8 Å². The van der Waals surface area contributed by atoms with Gasteiger partial charge in [-0.2, -0.15) is 0 Å². The van der Waals surface area contributed by atoms with Crippen LogP contribution in [-0.4, -0.2) is 23.3 Å². The van der Waals surface area contributed by atoms with E-state index in [2.05, 4.69) is 92.0 Å². The molecule has 0 spiro atoms. The van der Waals surface area contributed by atoms with Gasteiger partial charge in [0.05, 0.1) is 15.2 Å². The van der Waals surface area contributed by atoms with Crippen LogP contribution in [0.2, 0.25) is 31.2 Å². The molecule has 1 aromatic rings. The standard InChI is InChI=1S/C25H42OSi2/c1-12-19(3)20-14-13-15-21(20)27(8,9)22-16-18(2)17-23(24(22)26-7)28(10,11)25(4,5)6/h13-14,16-17,19H,12,15H2,1-11H3. The molecule has 0 amide bonds. The maximum Gasteiger partial charge on any atom is 0.117 e. The Morgan fingerprint density at radius 3 is 2.14 bits per heavy atom. The van der Waals surface area contributed by atoms with Crippen molar-refractivity contribution in [3.05, 3.63) is 40.6 Å². The van der Waals surface area contributed by atoms with Gasteiger partial charge in [0.1, 0.15) is 13.8 Å². The van der Waals surface area contributed by atoms with Crippen LogP contribution in [0.5, 0.6) is 5.75 Å². The van der Waals surface area contributed by atoms with Gasteiger partial charge < -0.3 is 4.74 Å². The van der Waals surface area contributed by atoms with Crippen molar-refractivity contribution in [3.8, 4) is 5.75 Å². The third-order valence-corrected chi connectivity index (χ3v) is 16.7. The molecule has 0 bridgehead atoms. The van der Waals surface area contributed by atoms with Gasteiger partial charge in [0.15, 0.2) is 0 Å². The molecule has 1 aliphatic rings. The van der Waals surface area contributed by atoms with Crippen molar-refractivity contribution in [2.75, 3.05) is 7.11 Å². The Labute approximate surface area is 176 Å². The number of benzene rings is 1. The number of hydrogen-bond acceptors (Lipinski definition) is 1. The molecule has 0 N–H and O–H groups in total. The van der Waals surface area contributed by atoms with Crippen molar-refractivity contribution in [1.29, 1.82) is 0 Å². The zero-order chi connectivity index (χ0) is 21.5. The lowest BCUT2D eigenvalue weighted by Gasteiger charge is -2.40. The van der Waals surface area contributed by atoms with E-state index in [0.717, 1.165) is 6.42 Å². The quantitative estimate of drug-likeness (QED) is 0.484. The highest BCUT2D eigenvalue weighted by molar-refractivity contribution is 6.98. The summed E-state index contributed by atoms with van der Waals surface area (Å²) in [6, 6.07) is 4.85. The normalized spacial score (nSPS) is 16.7. The van der Waals surface area contributed by atoms with E-state index in [1.165, 1.54) is 28.1 Å². The summed E-state index contributed by atoms with van der Waals surface area (Å²) in [5, 5.41) is 4.98. The molecule has 0 aromatic heterocycles. The van der Waals surface area contributed by atoms with Gasteiger partial charge >= 0.3 is 0 Å². The molecule has 2 rings (SSSR count). The third kappa shape index (κ3) is 3.98. The maximum absolute atomic E-state index is 6.21. The zero-order valence-electron chi connectivity index (χ0n) is 20.2. The Bertz CT molecular complexity index is 792. The Morgan fingerprint density at radius 1 is 1.07 bits per heavy atom. The van der Waals surface area contributed by atoms with Crippen LogP contribution in [0.25, 0.3) is 0 Å². The average Bonchev–Trinajstić information content (AvgIpc) is 3.09. The topological polar surface area (TPSA) is 9.23 Å². The molecule has 0 fully saturated rings. The van der Waals surface area contributed by atoms with Gasteiger partial charge in [-0.3, -0.25) is 0 Å². The Kier molecular flexibility index (Phi) is 6.62. The lowest BCUT2D eigenvalue weighted by atomic mass is 10.00. The fourth-order valence-corrected chi connectivity index (χ4v) is 10.0. The van der Waals surface area contributed by atoms with Gasteiger partial charge in [-0.05, 0) is 46.7 Å². The Morgan fingerprint density at radius 2 is 1.64 bits per heavy atom. The molecule has 0 aliphatic heterocycles. The molecule has 1 atom stereocenters. The van der Waals surface area contributed by atoms with Crippen molar-refractivity contribution in [2.45, 2.75) is 85.6 Å². The minimum absolute atomic E-state index is 0.285. The number of aryl methyl sites for hydroxylation is 1. The smallest absolute Gasteiger partial charge is 0.117 e. The summed E-state index contributed by atoms with van der Waals surface area (Å²) in [6.45, 7) is 24.2. The highest BCUT2D eigenvalue weighted by Crippen LogP contribution is 2.39. The molecule has 156 valence electrons. The fourth-order valence-electron chi connectivity index (χ4n) is 4.31. The molecule has 1 nitrogen and oxygen atoms in total. The maximum atomic E-state index is 6.21. The van der Waals surface area contributed by atoms with Gasteiger partial charge in [0.25, 0.3) is 0 Å². The molecule has 28 heavy (non-hydrogen) atoms. The monoisotopic (exact) mass is 414 g/mol. The molecule has 3 heteroatoms. The van der Waals surface area contributed by atoms with Crippen LogP contribution in [0.1, 0.15) is 53.0 Å². The van der Waals surface area contributed by atoms with Gasteiger partial charge in [0, 0.05) is 0 Å². The summed E-state index contributed by atoms with van der Waals surface area (Å²) in [4.78, 5) is 0. The average molecular weight is 415 g/mol. The van der Waals surface area contributed by atoms with Gasteiger partial charge in [0.2, 0.25) is 0 Å². The number of methoxy groups -OCH3 is 1. The van der Waals surface area contributed by atoms with E-state index in [1.807, 2.05) is 7.11 Å². The first kappa shape index (κ1) is 23.2. The highest BCUT2D eigenvalue weighted by atomic mass is 28.3. The second-order valence-corrected chi connectivity index (χ2v) is 20.4. The second kappa shape index (κ2) is 7.99. The molecular formula is C25H42OSi2. The molecule has 1 aliphatic carbocycles. The largest absolute Gasteiger partial charge is 0.497 e. The second-order valence-electron chi connectivity index (χ2n) is 10.7. The highest BCUT2D eigenvalue weighted by Gasteiger charge is 2.42. The predicted octanol–water partition coefficient (Wildman–Crippen LogP) is 6.48. The third-order valence-electron chi connectivity index (χ3n) is 7.52. The summed E-state index contributed by atoms with van der Waals surface area (Å²) in [5.41, 5.74) is 2.98. The molecule has 0 saturated heterocycles. The summed E-state index contributed by atoms with van der Waals surface area (Å²) in [6.07, 6.45) is 7.09. The molecular weight excluding hydrogens is 372 g/mol. The molecule has 1 unspecified atom stereocenters. The summed E-state index contributed by atoms with van der Waals surface area (Å²) in [7, 11) is -1.67.